The zero-order valence-electron chi connectivity index (χ0n) is 17.5. The van der Waals surface area contributed by atoms with Crippen LogP contribution in [0.2, 0.25) is 0 Å². The minimum absolute atomic E-state index is 0.0200. The van der Waals surface area contributed by atoms with E-state index in [9.17, 15) is 9.59 Å². The van der Waals surface area contributed by atoms with Gasteiger partial charge in [0, 0.05) is 19.5 Å². The van der Waals surface area contributed by atoms with Crippen molar-refractivity contribution in [1.82, 2.24) is 9.91 Å². The Morgan fingerprint density at radius 2 is 1.91 bits per heavy atom. The average molecular weight is 450 g/mol. The van der Waals surface area contributed by atoms with E-state index in [1.54, 1.807) is 12.3 Å². The van der Waals surface area contributed by atoms with Gasteiger partial charge in [0.25, 0.3) is 11.8 Å². The van der Waals surface area contributed by atoms with Crippen molar-refractivity contribution in [2.24, 2.45) is 5.10 Å². The fourth-order valence-electron chi connectivity index (χ4n) is 4.05. The molecule has 2 aliphatic heterocycles. The quantitative estimate of drug-likeness (QED) is 0.561. The highest BCUT2D eigenvalue weighted by atomic mass is 32.1. The number of hydrogen-bond donors (Lipinski definition) is 0. The normalized spacial score (nSPS) is 18.1. The molecule has 8 heteroatoms. The van der Waals surface area contributed by atoms with Crippen molar-refractivity contribution in [3.8, 4) is 5.75 Å². The summed E-state index contributed by atoms with van der Waals surface area (Å²) in [5.74, 6) is 1.18. The van der Waals surface area contributed by atoms with Gasteiger partial charge in [0.1, 0.15) is 17.2 Å². The van der Waals surface area contributed by atoms with Crippen LogP contribution in [0, 0.1) is 0 Å². The summed E-state index contributed by atoms with van der Waals surface area (Å²) in [6.07, 6.45) is 4.28. The van der Waals surface area contributed by atoms with Gasteiger partial charge in [-0.05, 0) is 54.1 Å². The standard InChI is InChI=1S/C24H23N3O4S/c28-23(26-11-1-2-12-26)16-31-18-9-7-17(8-10-18)20-15-19(21-5-3-13-30-21)25-27(20)24(29)22-6-4-14-32-22/h3-10,13-14,20H,1-2,11-12,15-16H2/t20-/m1/s1. The summed E-state index contributed by atoms with van der Waals surface area (Å²) >= 11 is 1.40. The van der Waals surface area contributed by atoms with Gasteiger partial charge in [-0.25, -0.2) is 5.01 Å². The molecule has 3 aromatic rings. The maximum atomic E-state index is 13.1. The molecule has 4 heterocycles. The molecule has 164 valence electrons. The molecule has 2 aromatic heterocycles. The number of hydrazone groups is 1. The monoisotopic (exact) mass is 449 g/mol. The minimum atomic E-state index is -0.245. The van der Waals surface area contributed by atoms with Crippen molar-refractivity contribution >= 4 is 28.9 Å². The molecule has 1 saturated heterocycles. The largest absolute Gasteiger partial charge is 0.484 e. The van der Waals surface area contributed by atoms with Crippen LogP contribution in [0.5, 0.6) is 5.75 Å². The summed E-state index contributed by atoms with van der Waals surface area (Å²) in [6, 6.07) is 14.6. The Hall–Kier alpha value is -3.39. The maximum Gasteiger partial charge on any atom is 0.284 e. The Kier molecular flexibility index (Phi) is 5.77. The summed E-state index contributed by atoms with van der Waals surface area (Å²) in [4.78, 5) is 27.8. The first kappa shape index (κ1) is 20.5. The molecular formula is C24H23N3O4S. The number of thiophene rings is 1. The Morgan fingerprint density at radius 1 is 1.09 bits per heavy atom. The highest BCUT2D eigenvalue weighted by Gasteiger charge is 2.35. The summed E-state index contributed by atoms with van der Waals surface area (Å²) in [5.41, 5.74) is 1.68. The van der Waals surface area contributed by atoms with Crippen LogP contribution in [0.25, 0.3) is 0 Å². The molecule has 0 saturated carbocycles. The molecule has 0 unspecified atom stereocenters. The van der Waals surface area contributed by atoms with Crippen LogP contribution in [0.3, 0.4) is 0 Å². The first-order valence-corrected chi connectivity index (χ1v) is 11.6. The number of likely N-dealkylation sites (tertiary alicyclic amines) is 1. The van der Waals surface area contributed by atoms with Crippen LogP contribution in [-0.2, 0) is 4.79 Å². The van der Waals surface area contributed by atoms with Crippen LogP contribution >= 0.6 is 11.3 Å². The molecule has 0 radical (unpaired) electrons. The van der Waals surface area contributed by atoms with Crippen molar-refractivity contribution < 1.29 is 18.7 Å². The zero-order valence-corrected chi connectivity index (χ0v) is 18.3. The maximum absolute atomic E-state index is 13.1. The molecule has 0 N–H and O–H groups in total. The fourth-order valence-corrected chi connectivity index (χ4v) is 4.71. The van der Waals surface area contributed by atoms with Gasteiger partial charge >= 0.3 is 0 Å². The van der Waals surface area contributed by atoms with Crippen LogP contribution in [0.1, 0.15) is 46.3 Å². The SMILES string of the molecule is O=C(COc1ccc([C@H]2CC(c3ccco3)=NN2C(=O)c2cccs2)cc1)N1CCCC1. The number of carbonyl (C=O) groups excluding carboxylic acids is 2. The number of benzene rings is 1. The van der Waals surface area contributed by atoms with Crippen LogP contribution in [-0.4, -0.2) is 47.1 Å². The van der Waals surface area contributed by atoms with Crippen LogP contribution < -0.4 is 4.74 Å². The molecule has 1 atom stereocenters. The second-order valence-corrected chi connectivity index (χ2v) is 8.76. The molecule has 32 heavy (non-hydrogen) atoms. The van der Waals surface area contributed by atoms with Crippen molar-refractivity contribution in [1.29, 1.82) is 0 Å². The van der Waals surface area contributed by atoms with E-state index in [1.807, 2.05) is 52.7 Å². The van der Waals surface area contributed by atoms with E-state index >= 15 is 0 Å². The summed E-state index contributed by atoms with van der Waals surface area (Å²) in [7, 11) is 0. The van der Waals surface area contributed by atoms with Gasteiger partial charge < -0.3 is 14.1 Å². The lowest BCUT2D eigenvalue weighted by molar-refractivity contribution is -0.132. The predicted octanol–water partition coefficient (Wildman–Crippen LogP) is 4.33. The lowest BCUT2D eigenvalue weighted by atomic mass is 10.0. The predicted molar refractivity (Wildman–Crippen MR) is 121 cm³/mol. The van der Waals surface area contributed by atoms with Gasteiger partial charge in [-0.2, -0.15) is 5.10 Å². The molecule has 1 fully saturated rings. The average Bonchev–Trinajstić information content (AvgIpc) is 3.64. The summed E-state index contributed by atoms with van der Waals surface area (Å²) in [5, 5.41) is 8.02. The lowest BCUT2D eigenvalue weighted by Crippen LogP contribution is -2.32. The Morgan fingerprint density at radius 3 is 2.59 bits per heavy atom. The highest BCUT2D eigenvalue weighted by Crippen LogP contribution is 2.35. The molecule has 1 aromatic carbocycles. The molecule has 0 bridgehead atoms. The lowest BCUT2D eigenvalue weighted by Gasteiger charge is -2.22. The van der Waals surface area contributed by atoms with Crippen molar-refractivity contribution in [2.75, 3.05) is 19.7 Å². The number of nitrogens with zero attached hydrogens (tertiary/aromatic N) is 3. The molecule has 0 aliphatic carbocycles. The number of amides is 2. The van der Waals surface area contributed by atoms with Crippen LogP contribution in [0.15, 0.2) is 69.7 Å². The smallest absolute Gasteiger partial charge is 0.284 e. The molecular weight excluding hydrogens is 426 g/mol. The molecule has 0 spiro atoms. The topological polar surface area (TPSA) is 75.3 Å². The van der Waals surface area contributed by atoms with Gasteiger partial charge in [-0.3, -0.25) is 9.59 Å². The number of hydrogen-bond acceptors (Lipinski definition) is 6. The first-order chi connectivity index (χ1) is 15.7. The Bertz CT molecular complexity index is 1100. The molecule has 5 rings (SSSR count). The number of carbonyl (C=O) groups is 2. The van der Waals surface area contributed by atoms with E-state index in [0.717, 1.165) is 37.2 Å². The number of rotatable bonds is 6. The van der Waals surface area contributed by atoms with E-state index in [4.69, 9.17) is 9.15 Å². The van der Waals surface area contributed by atoms with E-state index in [0.29, 0.717) is 22.8 Å². The van der Waals surface area contributed by atoms with E-state index in [1.165, 1.54) is 16.3 Å². The van der Waals surface area contributed by atoms with Crippen molar-refractivity contribution in [2.45, 2.75) is 25.3 Å². The van der Waals surface area contributed by atoms with E-state index in [2.05, 4.69) is 5.10 Å². The molecule has 2 aliphatic rings. The third kappa shape index (κ3) is 4.18. The fraction of sp³-hybridized carbons (Fsp3) is 0.292. The highest BCUT2D eigenvalue weighted by molar-refractivity contribution is 7.12. The van der Waals surface area contributed by atoms with Gasteiger partial charge in [0.05, 0.1) is 17.2 Å². The van der Waals surface area contributed by atoms with Gasteiger partial charge in [-0.1, -0.05) is 18.2 Å². The van der Waals surface area contributed by atoms with Gasteiger partial charge in [0.15, 0.2) is 6.61 Å². The molecule has 2 amide bonds. The third-order valence-electron chi connectivity index (χ3n) is 5.74. The minimum Gasteiger partial charge on any atom is -0.484 e. The van der Waals surface area contributed by atoms with E-state index in [-0.39, 0.29) is 24.5 Å². The number of furan rings is 1. The third-order valence-corrected chi connectivity index (χ3v) is 6.60. The zero-order chi connectivity index (χ0) is 21.9. The summed E-state index contributed by atoms with van der Waals surface area (Å²) in [6.45, 7) is 1.67. The van der Waals surface area contributed by atoms with Crippen LogP contribution in [0.4, 0.5) is 0 Å². The second-order valence-electron chi connectivity index (χ2n) is 7.82. The summed E-state index contributed by atoms with van der Waals surface area (Å²) < 4.78 is 11.2. The molecule has 7 nitrogen and oxygen atoms in total. The Balaban J connectivity index is 1.31. The van der Waals surface area contributed by atoms with Crippen molar-refractivity contribution in [3.63, 3.8) is 0 Å². The Labute approximate surface area is 189 Å². The second kappa shape index (κ2) is 9.00. The first-order valence-electron chi connectivity index (χ1n) is 10.7. The van der Waals surface area contributed by atoms with E-state index < -0.39 is 0 Å². The van der Waals surface area contributed by atoms with Gasteiger partial charge in [-0.15, -0.1) is 11.3 Å². The van der Waals surface area contributed by atoms with Gasteiger partial charge in [0.2, 0.25) is 0 Å². The van der Waals surface area contributed by atoms with Crippen molar-refractivity contribution in [3.05, 3.63) is 76.4 Å². The number of ether oxygens (including phenoxy) is 1.